The highest BCUT2D eigenvalue weighted by Crippen LogP contribution is 2.21. The van der Waals surface area contributed by atoms with E-state index < -0.39 is 15.8 Å². The molecule has 1 aromatic carbocycles. The Morgan fingerprint density at radius 1 is 1.14 bits per heavy atom. The van der Waals surface area contributed by atoms with Gasteiger partial charge in [-0.25, -0.2) is 12.8 Å². The summed E-state index contributed by atoms with van der Waals surface area (Å²) in [5, 5.41) is 3.94. The Morgan fingerprint density at radius 3 is 2.32 bits per heavy atom. The number of anilines is 1. The minimum atomic E-state index is -3.58. The van der Waals surface area contributed by atoms with E-state index in [1.54, 1.807) is 0 Å². The zero-order chi connectivity index (χ0) is 15.7. The van der Waals surface area contributed by atoms with Crippen LogP contribution in [-0.2, 0) is 10.0 Å². The molecule has 0 N–H and O–H groups in total. The highest BCUT2D eigenvalue weighted by molar-refractivity contribution is 7.89. The first kappa shape index (κ1) is 15.0. The number of sulfonamides is 1. The maximum atomic E-state index is 12.9. The fourth-order valence-corrected chi connectivity index (χ4v) is 3.84. The second-order valence-electron chi connectivity index (χ2n) is 5.14. The van der Waals surface area contributed by atoms with Crippen molar-refractivity contribution < 1.29 is 17.3 Å². The molecular weight excluding hydrogens is 309 g/mol. The monoisotopic (exact) mass is 325 g/mol. The Morgan fingerprint density at radius 2 is 1.77 bits per heavy atom. The summed E-state index contributed by atoms with van der Waals surface area (Å²) < 4.78 is 44.4. The topological polar surface area (TPSA) is 66.7 Å². The highest BCUT2D eigenvalue weighted by Gasteiger charge is 2.29. The van der Waals surface area contributed by atoms with Gasteiger partial charge in [-0.3, -0.25) is 0 Å². The molecule has 0 aliphatic carbocycles. The van der Waals surface area contributed by atoms with E-state index >= 15 is 0 Å². The first-order valence-corrected chi connectivity index (χ1v) is 8.35. The number of piperazine rings is 1. The molecule has 8 heteroatoms. The van der Waals surface area contributed by atoms with Gasteiger partial charge >= 0.3 is 0 Å². The summed E-state index contributed by atoms with van der Waals surface area (Å²) in [6.07, 6.45) is 0. The van der Waals surface area contributed by atoms with Crippen LogP contribution in [0.5, 0.6) is 0 Å². The summed E-state index contributed by atoms with van der Waals surface area (Å²) in [6, 6.07) is 6.71. The lowest BCUT2D eigenvalue weighted by Gasteiger charge is -2.33. The van der Waals surface area contributed by atoms with Crippen LogP contribution in [0.4, 0.5) is 10.2 Å². The fourth-order valence-electron chi connectivity index (χ4n) is 2.42. The van der Waals surface area contributed by atoms with Crippen molar-refractivity contribution in [3.05, 3.63) is 41.9 Å². The Balaban J connectivity index is 1.71. The molecule has 1 aliphatic rings. The molecule has 0 saturated carbocycles. The lowest BCUT2D eigenvalue weighted by molar-refractivity contribution is 0.371. The van der Waals surface area contributed by atoms with Crippen LogP contribution in [0, 0.1) is 12.7 Å². The van der Waals surface area contributed by atoms with Crippen molar-refractivity contribution >= 4 is 15.8 Å². The van der Waals surface area contributed by atoms with E-state index in [1.807, 2.05) is 17.9 Å². The van der Waals surface area contributed by atoms with Crippen molar-refractivity contribution in [1.82, 2.24) is 9.46 Å². The number of nitrogens with zero attached hydrogens (tertiary/aromatic N) is 3. The summed E-state index contributed by atoms with van der Waals surface area (Å²) in [5.74, 6) is 0.984. The van der Waals surface area contributed by atoms with Gasteiger partial charge in [0.2, 0.25) is 10.0 Å². The Hall–Kier alpha value is -1.93. The molecule has 2 aromatic rings. The number of rotatable bonds is 3. The van der Waals surface area contributed by atoms with Crippen LogP contribution < -0.4 is 4.90 Å². The number of benzene rings is 1. The number of hydrogen-bond acceptors (Lipinski definition) is 5. The third-order valence-corrected chi connectivity index (χ3v) is 5.54. The largest absolute Gasteiger partial charge is 0.360 e. The maximum absolute atomic E-state index is 12.9. The summed E-state index contributed by atoms with van der Waals surface area (Å²) in [6.45, 7) is 3.59. The molecule has 3 rings (SSSR count). The number of halogens is 1. The van der Waals surface area contributed by atoms with Gasteiger partial charge in [0.25, 0.3) is 0 Å². The lowest BCUT2D eigenvalue weighted by atomic mass is 10.3. The van der Waals surface area contributed by atoms with Crippen LogP contribution in [0.25, 0.3) is 0 Å². The van der Waals surface area contributed by atoms with E-state index in [-0.39, 0.29) is 4.90 Å². The van der Waals surface area contributed by atoms with Crippen molar-refractivity contribution in [2.75, 3.05) is 31.1 Å². The minimum Gasteiger partial charge on any atom is -0.360 e. The molecule has 1 saturated heterocycles. The van der Waals surface area contributed by atoms with Crippen LogP contribution >= 0.6 is 0 Å². The molecule has 0 radical (unpaired) electrons. The standard InChI is InChI=1S/C14H16FN3O3S/c1-11-10-14(16-21-11)17-6-8-18(9-7-17)22(19,20)13-4-2-12(15)3-5-13/h2-5,10H,6-9H2,1H3. The van der Waals surface area contributed by atoms with Gasteiger partial charge in [0.15, 0.2) is 5.82 Å². The fraction of sp³-hybridized carbons (Fsp3) is 0.357. The average Bonchev–Trinajstić information content (AvgIpc) is 2.94. The Kier molecular flexibility index (Phi) is 3.88. The van der Waals surface area contributed by atoms with E-state index in [2.05, 4.69) is 5.16 Å². The molecule has 0 atom stereocenters. The first-order valence-electron chi connectivity index (χ1n) is 6.91. The van der Waals surface area contributed by atoms with E-state index in [1.165, 1.54) is 16.4 Å². The molecule has 22 heavy (non-hydrogen) atoms. The molecule has 118 valence electrons. The summed E-state index contributed by atoms with van der Waals surface area (Å²) in [7, 11) is -3.58. The second-order valence-corrected chi connectivity index (χ2v) is 7.08. The van der Waals surface area contributed by atoms with E-state index in [4.69, 9.17) is 4.52 Å². The molecule has 1 aromatic heterocycles. The zero-order valence-corrected chi connectivity index (χ0v) is 12.9. The summed E-state index contributed by atoms with van der Waals surface area (Å²) >= 11 is 0. The van der Waals surface area contributed by atoms with Gasteiger partial charge < -0.3 is 9.42 Å². The average molecular weight is 325 g/mol. The SMILES string of the molecule is Cc1cc(N2CCN(S(=O)(=O)c3ccc(F)cc3)CC2)no1. The van der Waals surface area contributed by atoms with Gasteiger partial charge in [-0.15, -0.1) is 0 Å². The van der Waals surface area contributed by atoms with Gasteiger partial charge in [0, 0.05) is 32.2 Å². The first-order chi connectivity index (χ1) is 10.5. The smallest absolute Gasteiger partial charge is 0.243 e. The molecule has 1 fully saturated rings. The normalized spacial score (nSPS) is 16.9. The van der Waals surface area contributed by atoms with Crippen molar-refractivity contribution in [3.63, 3.8) is 0 Å². The number of aromatic nitrogens is 1. The van der Waals surface area contributed by atoms with Gasteiger partial charge in [0.1, 0.15) is 11.6 Å². The van der Waals surface area contributed by atoms with Crippen LogP contribution in [0.3, 0.4) is 0 Å². The molecule has 0 bridgehead atoms. The molecule has 2 heterocycles. The molecule has 1 aliphatic heterocycles. The van der Waals surface area contributed by atoms with Crippen LogP contribution in [0.2, 0.25) is 0 Å². The maximum Gasteiger partial charge on any atom is 0.243 e. The quantitative estimate of drug-likeness (QED) is 0.858. The van der Waals surface area contributed by atoms with E-state index in [0.29, 0.717) is 26.2 Å². The van der Waals surface area contributed by atoms with Crippen molar-refractivity contribution in [2.24, 2.45) is 0 Å². The Labute approximate surface area is 128 Å². The van der Waals surface area contributed by atoms with Crippen LogP contribution in [0.1, 0.15) is 5.76 Å². The molecule has 0 amide bonds. The molecule has 0 spiro atoms. The van der Waals surface area contributed by atoms with Gasteiger partial charge in [0.05, 0.1) is 4.90 Å². The number of hydrogen-bond donors (Lipinski definition) is 0. The van der Waals surface area contributed by atoms with Crippen molar-refractivity contribution in [2.45, 2.75) is 11.8 Å². The summed E-state index contributed by atoms with van der Waals surface area (Å²) in [4.78, 5) is 2.09. The molecule has 6 nitrogen and oxygen atoms in total. The Bertz CT molecular complexity index is 750. The number of aryl methyl sites for hydroxylation is 1. The van der Waals surface area contributed by atoms with Gasteiger partial charge in [-0.1, -0.05) is 5.16 Å². The zero-order valence-electron chi connectivity index (χ0n) is 12.1. The van der Waals surface area contributed by atoms with E-state index in [9.17, 15) is 12.8 Å². The lowest BCUT2D eigenvalue weighted by Crippen LogP contribution is -2.48. The summed E-state index contributed by atoms with van der Waals surface area (Å²) in [5.41, 5.74) is 0. The van der Waals surface area contributed by atoms with Crippen LogP contribution in [0.15, 0.2) is 39.8 Å². The van der Waals surface area contributed by atoms with E-state index in [0.717, 1.165) is 23.7 Å². The third-order valence-electron chi connectivity index (χ3n) is 3.63. The predicted molar refractivity (Wildman–Crippen MR) is 78.6 cm³/mol. The van der Waals surface area contributed by atoms with Crippen molar-refractivity contribution in [3.8, 4) is 0 Å². The second kappa shape index (κ2) is 5.69. The molecular formula is C14H16FN3O3S. The van der Waals surface area contributed by atoms with Crippen LogP contribution in [-0.4, -0.2) is 44.1 Å². The minimum absolute atomic E-state index is 0.111. The highest BCUT2D eigenvalue weighted by atomic mass is 32.2. The third kappa shape index (κ3) is 2.84. The van der Waals surface area contributed by atoms with Gasteiger partial charge in [-0.2, -0.15) is 4.31 Å². The molecule has 0 unspecified atom stereocenters. The van der Waals surface area contributed by atoms with Crippen molar-refractivity contribution in [1.29, 1.82) is 0 Å². The van der Waals surface area contributed by atoms with Gasteiger partial charge in [-0.05, 0) is 31.2 Å². The predicted octanol–water partition coefficient (Wildman–Crippen LogP) is 1.63.